The van der Waals surface area contributed by atoms with E-state index in [0.717, 1.165) is 40.7 Å². The Bertz CT molecular complexity index is 936. The second-order valence-electron chi connectivity index (χ2n) is 5.55. The summed E-state index contributed by atoms with van der Waals surface area (Å²) in [7, 11) is 0. The average molecular weight is 335 g/mol. The second kappa shape index (κ2) is 6.41. The van der Waals surface area contributed by atoms with Gasteiger partial charge < -0.3 is 4.57 Å². The second-order valence-corrected chi connectivity index (χ2v) is 6.44. The molecule has 5 nitrogen and oxygen atoms in total. The van der Waals surface area contributed by atoms with Gasteiger partial charge in [-0.05, 0) is 19.1 Å². The van der Waals surface area contributed by atoms with Crippen molar-refractivity contribution < 1.29 is 0 Å². The van der Waals surface area contributed by atoms with Crippen LogP contribution in [0.25, 0.3) is 21.8 Å². The Hall–Kier alpha value is -2.73. The largest absolute Gasteiger partial charge is 0.333 e. The van der Waals surface area contributed by atoms with E-state index in [1.807, 2.05) is 41.8 Å². The summed E-state index contributed by atoms with van der Waals surface area (Å²) in [5, 5.41) is 7.73. The number of thiazole rings is 1. The molecular weight excluding hydrogens is 318 g/mol. The molecule has 0 aliphatic heterocycles. The molecule has 0 aliphatic rings. The minimum Gasteiger partial charge on any atom is -0.333 e. The van der Waals surface area contributed by atoms with Gasteiger partial charge in [0.05, 0.1) is 12.2 Å². The highest BCUT2D eigenvalue weighted by Gasteiger charge is 2.06. The van der Waals surface area contributed by atoms with Crippen LogP contribution in [0, 0.1) is 6.92 Å². The molecule has 120 valence electrons. The van der Waals surface area contributed by atoms with Gasteiger partial charge in [0, 0.05) is 47.8 Å². The van der Waals surface area contributed by atoms with Gasteiger partial charge in [-0.2, -0.15) is 5.10 Å². The number of hydrogen-bond donors (Lipinski definition) is 0. The van der Waals surface area contributed by atoms with E-state index in [9.17, 15) is 0 Å². The van der Waals surface area contributed by atoms with Crippen LogP contribution in [0.3, 0.4) is 0 Å². The van der Waals surface area contributed by atoms with E-state index in [4.69, 9.17) is 5.10 Å². The first-order chi connectivity index (χ1) is 11.8. The Labute approximate surface area is 144 Å². The molecule has 0 N–H and O–H groups in total. The minimum atomic E-state index is 0.823. The molecule has 3 heterocycles. The zero-order valence-corrected chi connectivity index (χ0v) is 14.1. The molecule has 0 bridgehead atoms. The quantitative estimate of drug-likeness (QED) is 0.556. The van der Waals surface area contributed by atoms with E-state index in [0.29, 0.717) is 0 Å². The number of rotatable bonds is 5. The lowest BCUT2D eigenvalue weighted by Gasteiger charge is -2.05. The number of benzene rings is 1. The smallest absolute Gasteiger partial charge is 0.123 e. The van der Waals surface area contributed by atoms with Crippen LogP contribution in [0.4, 0.5) is 0 Å². The monoisotopic (exact) mass is 335 g/mol. The molecule has 0 aliphatic carbocycles. The van der Waals surface area contributed by atoms with E-state index in [1.54, 1.807) is 11.3 Å². The number of aromatic nitrogens is 5. The van der Waals surface area contributed by atoms with E-state index in [-0.39, 0.29) is 0 Å². The highest BCUT2D eigenvalue weighted by atomic mass is 32.1. The third-order valence-electron chi connectivity index (χ3n) is 3.97. The molecule has 0 fully saturated rings. The summed E-state index contributed by atoms with van der Waals surface area (Å²) in [6.07, 6.45) is 7.68. The van der Waals surface area contributed by atoms with Crippen molar-refractivity contribution in [3.05, 3.63) is 66.3 Å². The van der Waals surface area contributed by atoms with E-state index >= 15 is 0 Å². The highest BCUT2D eigenvalue weighted by Crippen LogP contribution is 2.26. The van der Waals surface area contributed by atoms with Crippen LogP contribution in [0.1, 0.15) is 5.82 Å². The van der Waals surface area contributed by atoms with Crippen molar-refractivity contribution in [2.75, 3.05) is 0 Å². The minimum absolute atomic E-state index is 0.823. The molecule has 0 spiro atoms. The van der Waals surface area contributed by atoms with Crippen molar-refractivity contribution in [1.82, 2.24) is 24.3 Å². The molecule has 3 aromatic heterocycles. The van der Waals surface area contributed by atoms with Gasteiger partial charge in [0.1, 0.15) is 10.8 Å². The number of aryl methyl sites for hydroxylation is 3. The number of hydrogen-bond acceptors (Lipinski definition) is 4. The van der Waals surface area contributed by atoms with Crippen molar-refractivity contribution in [3.8, 4) is 21.8 Å². The number of nitrogens with zero attached hydrogens (tertiary/aromatic N) is 5. The van der Waals surface area contributed by atoms with Crippen LogP contribution < -0.4 is 0 Å². The molecule has 0 saturated heterocycles. The van der Waals surface area contributed by atoms with Gasteiger partial charge in [-0.15, -0.1) is 11.3 Å². The maximum Gasteiger partial charge on any atom is 0.123 e. The van der Waals surface area contributed by atoms with Crippen LogP contribution in [0.5, 0.6) is 0 Å². The first-order valence-electron chi connectivity index (χ1n) is 7.81. The summed E-state index contributed by atoms with van der Waals surface area (Å²) in [6, 6.07) is 10.4. The van der Waals surface area contributed by atoms with Crippen LogP contribution in [0.2, 0.25) is 0 Å². The topological polar surface area (TPSA) is 48.5 Å². The summed E-state index contributed by atoms with van der Waals surface area (Å²) >= 11 is 1.65. The molecule has 0 amide bonds. The summed E-state index contributed by atoms with van der Waals surface area (Å²) in [5.41, 5.74) is 3.22. The Kier molecular flexibility index (Phi) is 3.96. The Morgan fingerprint density at radius 1 is 1.00 bits per heavy atom. The Morgan fingerprint density at radius 2 is 1.92 bits per heavy atom. The molecule has 4 aromatic rings. The third kappa shape index (κ3) is 3.00. The van der Waals surface area contributed by atoms with Crippen molar-refractivity contribution in [2.24, 2.45) is 0 Å². The lowest BCUT2D eigenvalue weighted by atomic mass is 10.1. The lowest BCUT2D eigenvalue weighted by Crippen LogP contribution is -2.08. The third-order valence-corrected chi connectivity index (χ3v) is 4.79. The van der Waals surface area contributed by atoms with Gasteiger partial charge in [-0.1, -0.05) is 18.2 Å². The fraction of sp³-hybridized carbons (Fsp3) is 0.167. The van der Waals surface area contributed by atoms with Gasteiger partial charge in [-0.3, -0.25) is 4.68 Å². The normalized spacial score (nSPS) is 11.0. The van der Waals surface area contributed by atoms with Crippen molar-refractivity contribution in [1.29, 1.82) is 0 Å². The van der Waals surface area contributed by atoms with Gasteiger partial charge in [0.2, 0.25) is 0 Å². The summed E-state index contributed by atoms with van der Waals surface area (Å²) in [4.78, 5) is 8.62. The Balaban J connectivity index is 1.52. The van der Waals surface area contributed by atoms with Crippen LogP contribution in [-0.2, 0) is 13.1 Å². The first kappa shape index (κ1) is 14.8. The van der Waals surface area contributed by atoms with Gasteiger partial charge in [0.25, 0.3) is 0 Å². The lowest BCUT2D eigenvalue weighted by molar-refractivity contribution is 0.527. The van der Waals surface area contributed by atoms with E-state index in [2.05, 4.69) is 44.9 Å². The molecule has 0 saturated carbocycles. The van der Waals surface area contributed by atoms with E-state index in [1.165, 1.54) is 0 Å². The zero-order chi connectivity index (χ0) is 16.4. The average Bonchev–Trinajstić information content (AvgIpc) is 3.35. The highest BCUT2D eigenvalue weighted by molar-refractivity contribution is 7.13. The van der Waals surface area contributed by atoms with Crippen LogP contribution in [0.15, 0.2) is 60.5 Å². The maximum absolute atomic E-state index is 4.70. The summed E-state index contributed by atoms with van der Waals surface area (Å²) in [5.74, 6) is 1.03. The maximum atomic E-state index is 4.70. The number of imidazole rings is 1. The van der Waals surface area contributed by atoms with E-state index < -0.39 is 0 Å². The molecule has 1 aromatic carbocycles. The Morgan fingerprint density at radius 3 is 2.71 bits per heavy atom. The SMILES string of the molecule is Cc1nccn1CCn1ccc(-c2cccc(-c3nccs3)c2)n1. The predicted molar refractivity (Wildman–Crippen MR) is 95.7 cm³/mol. The van der Waals surface area contributed by atoms with Gasteiger partial charge in [0.15, 0.2) is 0 Å². The summed E-state index contributed by atoms with van der Waals surface area (Å²) in [6.45, 7) is 3.70. The van der Waals surface area contributed by atoms with Crippen LogP contribution >= 0.6 is 11.3 Å². The molecule has 24 heavy (non-hydrogen) atoms. The molecule has 0 unspecified atom stereocenters. The molecular formula is C18H17N5S. The van der Waals surface area contributed by atoms with Crippen molar-refractivity contribution >= 4 is 11.3 Å². The molecule has 0 radical (unpaired) electrons. The fourth-order valence-corrected chi connectivity index (χ4v) is 3.30. The predicted octanol–water partition coefficient (Wildman–Crippen LogP) is 3.88. The van der Waals surface area contributed by atoms with Crippen LogP contribution in [-0.4, -0.2) is 24.3 Å². The summed E-state index contributed by atoms with van der Waals surface area (Å²) < 4.78 is 4.11. The zero-order valence-electron chi connectivity index (χ0n) is 13.3. The fourth-order valence-electron chi connectivity index (χ4n) is 2.67. The van der Waals surface area contributed by atoms with Crippen molar-refractivity contribution in [3.63, 3.8) is 0 Å². The first-order valence-corrected chi connectivity index (χ1v) is 8.69. The molecule has 6 heteroatoms. The van der Waals surface area contributed by atoms with Crippen molar-refractivity contribution in [2.45, 2.75) is 20.0 Å². The van der Waals surface area contributed by atoms with Gasteiger partial charge >= 0.3 is 0 Å². The van der Waals surface area contributed by atoms with Gasteiger partial charge in [-0.25, -0.2) is 9.97 Å². The molecule has 0 atom stereocenters. The standard InChI is InChI=1S/C18H17N5S/c1-14-19-6-9-22(14)10-11-23-8-5-17(21-23)15-3-2-4-16(13-15)18-20-7-12-24-18/h2-9,12-13H,10-11H2,1H3. The molecule has 4 rings (SSSR count).